The molecule has 1 N–H and O–H groups in total. The summed E-state index contributed by atoms with van der Waals surface area (Å²) in [6.45, 7) is 5.77. The van der Waals surface area contributed by atoms with Gasteiger partial charge in [-0.1, -0.05) is 42.1 Å². The Morgan fingerprint density at radius 2 is 2.00 bits per heavy atom. The molecule has 1 aliphatic carbocycles. The molecule has 1 aliphatic heterocycles. The molecule has 1 atom stereocenters. The summed E-state index contributed by atoms with van der Waals surface area (Å²) in [6.07, 6.45) is 2.45. The van der Waals surface area contributed by atoms with Crippen LogP contribution in [-0.2, 0) is 16.1 Å². The van der Waals surface area contributed by atoms with E-state index >= 15 is 0 Å². The number of anilines is 1. The van der Waals surface area contributed by atoms with Crippen LogP contribution in [0.3, 0.4) is 0 Å². The van der Waals surface area contributed by atoms with Crippen LogP contribution in [0, 0.1) is 5.92 Å². The van der Waals surface area contributed by atoms with Gasteiger partial charge in [0, 0.05) is 19.1 Å². The summed E-state index contributed by atoms with van der Waals surface area (Å²) in [5, 5.41) is 12.7. The van der Waals surface area contributed by atoms with Crippen LogP contribution in [0.5, 0.6) is 0 Å². The van der Waals surface area contributed by atoms with Crippen molar-refractivity contribution in [3.63, 3.8) is 0 Å². The second kappa shape index (κ2) is 8.96. The Morgan fingerprint density at radius 1 is 1.25 bits per heavy atom. The Kier molecular flexibility index (Phi) is 6.17. The minimum absolute atomic E-state index is 0.0617. The van der Waals surface area contributed by atoms with Gasteiger partial charge < -0.3 is 15.0 Å². The lowest BCUT2D eigenvalue weighted by atomic mass is 10.2. The van der Waals surface area contributed by atoms with Crippen LogP contribution in [-0.4, -0.2) is 58.8 Å². The van der Waals surface area contributed by atoms with Gasteiger partial charge in [-0.05, 0) is 31.2 Å². The molecular weight excluding hydrogens is 374 g/mol. The van der Waals surface area contributed by atoms with Gasteiger partial charge in [0.1, 0.15) is 0 Å². The van der Waals surface area contributed by atoms with E-state index in [1.54, 1.807) is 0 Å². The van der Waals surface area contributed by atoms with Crippen molar-refractivity contribution in [3.8, 4) is 0 Å². The Hall–Kier alpha value is -2.06. The van der Waals surface area contributed by atoms with Crippen molar-refractivity contribution in [2.24, 2.45) is 5.92 Å². The number of carbonyl (C=O) groups is 1. The topological polar surface area (TPSA) is 72.3 Å². The highest BCUT2D eigenvalue weighted by Crippen LogP contribution is 2.32. The molecular formula is C20H27N5O2S. The van der Waals surface area contributed by atoms with E-state index < -0.39 is 0 Å². The van der Waals surface area contributed by atoms with E-state index in [-0.39, 0.29) is 11.9 Å². The Morgan fingerprint density at radius 3 is 2.71 bits per heavy atom. The number of hydrogen-bond acceptors (Lipinski definition) is 6. The molecule has 4 rings (SSSR count). The molecule has 0 radical (unpaired) electrons. The number of ether oxygens (including phenoxy) is 1. The van der Waals surface area contributed by atoms with Crippen LogP contribution < -0.4 is 10.2 Å². The first-order chi connectivity index (χ1) is 13.7. The van der Waals surface area contributed by atoms with Crippen molar-refractivity contribution in [3.05, 3.63) is 35.9 Å². The van der Waals surface area contributed by atoms with Crippen LogP contribution in [0.4, 0.5) is 5.95 Å². The molecule has 2 fully saturated rings. The summed E-state index contributed by atoms with van der Waals surface area (Å²) in [5.74, 6) is 1.92. The zero-order valence-corrected chi connectivity index (χ0v) is 17.0. The molecule has 1 saturated heterocycles. The second-order valence-corrected chi connectivity index (χ2v) is 8.38. The third kappa shape index (κ3) is 4.86. The lowest BCUT2D eigenvalue weighted by molar-refractivity contribution is -0.119. The number of rotatable bonds is 8. The van der Waals surface area contributed by atoms with E-state index in [1.807, 2.05) is 18.2 Å². The van der Waals surface area contributed by atoms with Crippen LogP contribution in [0.1, 0.15) is 25.3 Å². The Bertz CT molecular complexity index is 787. The maximum atomic E-state index is 12.3. The van der Waals surface area contributed by atoms with Gasteiger partial charge in [0.15, 0.2) is 5.16 Å². The minimum atomic E-state index is 0.0617. The van der Waals surface area contributed by atoms with Crippen LogP contribution >= 0.6 is 11.8 Å². The van der Waals surface area contributed by atoms with Gasteiger partial charge in [-0.3, -0.25) is 9.36 Å². The van der Waals surface area contributed by atoms with Gasteiger partial charge >= 0.3 is 0 Å². The number of nitrogens with zero attached hydrogens (tertiary/aromatic N) is 4. The number of aromatic nitrogens is 3. The van der Waals surface area contributed by atoms with Crippen molar-refractivity contribution in [2.75, 3.05) is 37.0 Å². The SMILES string of the molecule is C[C@@H](NC(=O)CSc1nnc(N2CCOCC2)n1Cc1ccccc1)C1CC1. The molecule has 1 amide bonds. The first kappa shape index (κ1) is 19.3. The quantitative estimate of drug-likeness (QED) is 0.684. The predicted molar refractivity (Wildman–Crippen MR) is 110 cm³/mol. The van der Waals surface area contributed by atoms with Crippen molar-refractivity contribution < 1.29 is 9.53 Å². The molecule has 1 saturated carbocycles. The van der Waals surface area contributed by atoms with Gasteiger partial charge in [-0.15, -0.1) is 10.2 Å². The standard InChI is InChI=1S/C20H27N5O2S/c1-15(17-7-8-17)21-18(26)14-28-20-23-22-19(24-9-11-27-12-10-24)25(20)13-16-5-3-2-4-6-16/h2-6,15,17H,7-14H2,1H3,(H,21,26)/t15-/m1/s1. The van der Waals surface area contributed by atoms with E-state index in [1.165, 1.54) is 30.2 Å². The van der Waals surface area contributed by atoms with E-state index in [2.05, 4.69) is 44.0 Å². The number of carbonyl (C=O) groups excluding carboxylic acids is 1. The first-order valence-electron chi connectivity index (χ1n) is 9.92. The normalized spacial score (nSPS) is 18.1. The highest BCUT2D eigenvalue weighted by Gasteiger charge is 2.29. The van der Waals surface area contributed by atoms with Gasteiger partial charge in [-0.25, -0.2) is 0 Å². The second-order valence-electron chi connectivity index (χ2n) is 7.44. The molecule has 1 aromatic carbocycles. The third-order valence-corrected chi connectivity index (χ3v) is 6.19. The largest absolute Gasteiger partial charge is 0.378 e. The molecule has 1 aromatic heterocycles. The van der Waals surface area contributed by atoms with E-state index in [0.29, 0.717) is 31.4 Å². The van der Waals surface area contributed by atoms with E-state index in [9.17, 15) is 4.79 Å². The van der Waals surface area contributed by atoms with Crippen LogP contribution in [0.2, 0.25) is 0 Å². The third-order valence-electron chi connectivity index (χ3n) is 5.22. The van der Waals surface area contributed by atoms with E-state index in [4.69, 9.17) is 4.74 Å². The predicted octanol–water partition coefficient (Wildman–Crippen LogP) is 2.17. The number of hydrogen-bond donors (Lipinski definition) is 1. The fourth-order valence-corrected chi connectivity index (χ4v) is 4.17. The lowest BCUT2D eigenvalue weighted by Gasteiger charge is -2.28. The fourth-order valence-electron chi connectivity index (χ4n) is 3.43. The van der Waals surface area contributed by atoms with Crippen LogP contribution in [0.15, 0.2) is 35.5 Å². The lowest BCUT2D eigenvalue weighted by Crippen LogP contribution is -2.38. The summed E-state index contributed by atoms with van der Waals surface area (Å²) in [7, 11) is 0. The maximum absolute atomic E-state index is 12.3. The highest BCUT2D eigenvalue weighted by molar-refractivity contribution is 7.99. The number of morpholine rings is 1. The zero-order chi connectivity index (χ0) is 19.3. The average Bonchev–Trinajstić information content (AvgIpc) is 3.50. The Balaban J connectivity index is 1.47. The van der Waals surface area contributed by atoms with Crippen LogP contribution in [0.25, 0.3) is 0 Å². The molecule has 7 nitrogen and oxygen atoms in total. The summed E-state index contributed by atoms with van der Waals surface area (Å²) < 4.78 is 7.58. The van der Waals surface area contributed by atoms with Crippen molar-refractivity contribution >= 4 is 23.6 Å². The van der Waals surface area contributed by atoms with Gasteiger partial charge in [0.05, 0.1) is 25.5 Å². The summed E-state index contributed by atoms with van der Waals surface area (Å²) in [4.78, 5) is 14.5. The molecule has 150 valence electrons. The van der Waals surface area contributed by atoms with Crippen molar-refractivity contribution in [1.82, 2.24) is 20.1 Å². The molecule has 0 spiro atoms. The van der Waals surface area contributed by atoms with E-state index in [0.717, 1.165) is 24.2 Å². The van der Waals surface area contributed by atoms with Gasteiger partial charge in [0.25, 0.3) is 0 Å². The Labute approximate surface area is 169 Å². The minimum Gasteiger partial charge on any atom is -0.378 e. The van der Waals surface area contributed by atoms with Gasteiger partial charge in [-0.2, -0.15) is 0 Å². The summed E-state index contributed by atoms with van der Waals surface area (Å²) >= 11 is 1.45. The highest BCUT2D eigenvalue weighted by atomic mass is 32.2. The summed E-state index contributed by atoms with van der Waals surface area (Å²) in [5.41, 5.74) is 1.19. The number of benzene rings is 1. The molecule has 2 aromatic rings. The summed E-state index contributed by atoms with van der Waals surface area (Å²) in [6, 6.07) is 10.5. The monoisotopic (exact) mass is 401 g/mol. The molecule has 2 heterocycles. The van der Waals surface area contributed by atoms with Gasteiger partial charge in [0.2, 0.25) is 11.9 Å². The van der Waals surface area contributed by atoms with Crippen molar-refractivity contribution in [2.45, 2.75) is 37.5 Å². The number of thioether (sulfide) groups is 1. The number of amides is 1. The first-order valence-corrected chi connectivity index (χ1v) is 10.9. The molecule has 28 heavy (non-hydrogen) atoms. The number of nitrogens with one attached hydrogen (secondary N) is 1. The molecule has 8 heteroatoms. The molecule has 2 aliphatic rings. The van der Waals surface area contributed by atoms with Crippen molar-refractivity contribution in [1.29, 1.82) is 0 Å². The average molecular weight is 402 g/mol. The zero-order valence-electron chi connectivity index (χ0n) is 16.2. The maximum Gasteiger partial charge on any atom is 0.230 e. The molecule has 0 unspecified atom stereocenters. The molecule has 0 bridgehead atoms. The fraction of sp³-hybridized carbons (Fsp3) is 0.550. The smallest absolute Gasteiger partial charge is 0.230 e.